The van der Waals surface area contributed by atoms with E-state index in [-0.39, 0.29) is 18.1 Å². The predicted octanol–water partition coefficient (Wildman–Crippen LogP) is 2.80. The van der Waals surface area contributed by atoms with Crippen molar-refractivity contribution in [1.82, 2.24) is 15.1 Å². The van der Waals surface area contributed by atoms with Gasteiger partial charge in [0.1, 0.15) is 0 Å². The average Bonchev–Trinajstić information content (AvgIpc) is 3.16. The molecule has 1 fully saturated rings. The highest BCUT2D eigenvalue weighted by Gasteiger charge is 2.28. The summed E-state index contributed by atoms with van der Waals surface area (Å²) in [6.07, 6.45) is 6.44. The maximum absolute atomic E-state index is 12.7. The SMILES string of the molecule is CC(C)=CCO[C@H]1CCOC[C@H]1NC(=O)c1cccc(Cn2cccn2)c1. The third-order valence-electron chi connectivity index (χ3n) is 4.50. The van der Waals surface area contributed by atoms with Gasteiger partial charge < -0.3 is 14.8 Å². The molecule has 3 rings (SSSR count). The van der Waals surface area contributed by atoms with Crippen molar-refractivity contribution in [2.75, 3.05) is 19.8 Å². The fourth-order valence-corrected chi connectivity index (χ4v) is 3.03. The smallest absolute Gasteiger partial charge is 0.251 e. The van der Waals surface area contributed by atoms with E-state index in [1.807, 2.05) is 61.1 Å². The van der Waals surface area contributed by atoms with Crippen LogP contribution in [0.5, 0.6) is 0 Å². The van der Waals surface area contributed by atoms with Crippen molar-refractivity contribution in [2.24, 2.45) is 0 Å². The van der Waals surface area contributed by atoms with Crippen molar-refractivity contribution >= 4 is 5.91 Å². The van der Waals surface area contributed by atoms with E-state index in [1.165, 1.54) is 5.57 Å². The zero-order valence-corrected chi connectivity index (χ0v) is 15.9. The van der Waals surface area contributed by atoms with Gasteiger partial charge in [-0.05, 0) is 44.0 Å². The lowest BCUT2D eigenvalue weighted by molar-refractivity contribution is -0.0457. The molecule has 1 aromatic carbocycles. The summed E-state index contributed by atoms with van der Waals surface area (Å²) >= 11 is 0. The minimum absolute atomic E-state index is 0.0365. The highest BCUT2D eigenvalue weighted by Crippen LogP contribution is 2.14. The lowest BCUT2D eigenvalue weighted by atomic mass is 10.0. The molecule has 2 atom stereocenters. The van der Waals surface area contributed by atoms with E-state index in [2.05, 4.69) is 10.4 Å². The Morgan fingerprint density at radius 1 is 1.41 bits per heavy atom. The number of ether oxygens (including phenoxy) is 2. The molecule has 0 radical (unpaired) electrons. The van der Waals surface area contributed by atoms with E-state index in [4.69, 9.17) is 9.47 Å². The van der Waals surface area contributed by atoms with Gasteiger partial charge in [0.15, 0.2) is 0 Å². The van der Waals surface area contributed by atoms with Gasteiger partial charge in [0.25, 0.3) is 5.91 Å². The Morgan fingerprint density at radius 2 is 2.30 bits per heavy atom. The number of hydrogen-bond acceptors (Lipinski definition) is 4. The summed E-state index contributed by atoms with van der Waals surface area (Å²) in [5, 5.41) is 7.29. The maximum atomic E-state index is 12.7. The normalized spacial score (nSPS) is 19.5. The molecule has 0 aliphatic carbocycles. The Kier molecular flexibility index (Phi) is 6.79. The summed E-state index contributed by atoms with van der Waals surface area (Å²) < 4.78 is 13.3. The number of benzene rings is 1. The minimum Gasteiger partial charge on any atom is -0.379 e. The Bertz CT molecular complexity index is 767. The van der Waals surface area contributed by atoms with Gasteiger partial charge in [0.2, 0.25) is 0 Å². The van der Waals surface area contributed by atoms with Crippen LogP contribution in [0.2, 0.25) is 0 Å². The number of hydrogen-bond donors (Lipinski definition) is 1. The maximum Gasteiger partial charge on any atom is 0.251 e. The van der Waals surface area contributed by atoms with Gasteiger partial charge in [0, 0.05) is 24.6 Å². The van der Waals surface area contributed by atoms with E-state index in [0.29, 0.717) is 31.9 Å². The largest absolute Gasteiger partial charge is 0.379 e. The van der Waals surface area contributed by atoms with E-state index < -0.39 is 0 Å². The highest BCUT2D eigenvalue weighted by molar-refractivity contribution is 5.94. The molecule has 1 amide bonds. The van der Waals surface area contributed by atoms with Crippen LogP contribution in [0.4, 0.5) is 0 Å². The molecule has 0 bridgehead atoms. The zero-order chi connectivity index (χ0) is 19.1. The van der Waals surface area contributed by atoms with E-state index in [0.717, 1.165) is 12.0 Å². The number of rotatable bonds is 7. The molecule has 0 spiro atoms. The summed E-state index contributed by atoms with van der Waals surface area (Å²) in [4.78, 5) is 12.7. The molecule has 6 nitrogen and oxygen atoms in total. The van der Waals surface area contributed by atoms with Crippen molar-refractivity contribution in [3.63, 3.8) is 0 Å². The van der Waals surface area contributed by atoms with Crippen LogP contribution in [0.3, 0.4) is 0 Å². The van der Waals surface area contributed by atoms with Crippen LogP contribution in [-0.4, -0.2) is 47.7 Å². The Hall–Kier alpha value is -2.44. The molecule has 2 heterocycles. The van der Waals surface area contributed by atoms with Crippen LogP contribution in [0, 0.1) is 0 Å². The lowest BCUT2D eigenvalue weighted by Crippen LogP contribution is -2.50. The minimum atomic E-state index is -0.147. The Balaban J connectivity index is 1.61. The molecule has 0 saturated carbocycles. The fourth-order valence-electron chi connectivity index (χ4n) is 3.03. The molecule has 2 aromatic rings. The summed E-state index contributed by atoms with van der Waals surface area (Å²) in [5.74, 6) is -0.108. The third kappa shape index (κ3) is 5.77. The molecule has 6 heteroatoms. The van der Waals surface area contributed by atoms with Crippen LogP contribution in [0.1, 0.15) is 36.2 Å². The van der Waals surface area contributed by atoms with Crippen molar-refractivity contribution in [2.45, 2.75) is 39.0 Å². The lowest BCUT2D eigenvalue weighted by Gasteiger charge is -2.32. The Labute approximate surface area is 160 Å². The second kappa shape index (κ2) is 9.48. The highest BCUT2D eigenvalue weighted by atomic mass is 16.5. The molecule has 1 N–H and O–H groups in total. The summed E-state index contributed by atoms with van der Waals surface area (Å²) in [7, 11) is 0. The monoisotopic (exact) mass is 369 g/mol. The standard InChI is InChI=1S/C21H27N3O3/c1-16(2)7-12-27-20-8-11-26-15-19(20)23-21(25)18-6-3-5-17(13-18)14-24-10-4-9-22-24/h3-7,9-10,13,19-20H,8,11-12,14-15H2,1-2H3,(H,23,25)/t19-,20+/m1/s1. The zero-order valence-electron chi connectivity index (χ0n) is 15.9. The van der Waals surface area contributed by atoms with Gasteiger partial charge in [-0.25, -0.2) is 0 Å². The van der Waals surface area contributed by atoms with Crippen molar-refractivity contribution in [3.8, 4) is 0 Å². The molecule has 1 saturated heterocycles. The quantitative estimate of drug-likeness (QED) is 0.762. The molecule has 144 valence electrons. The molecule has 1 aliphatic rings. The number of amides is 1. The first-order valence-electron chi connectivity index (χ1n) is 9.32. The van der Waals surface area contributed by atoms with Crippen LogP contribution in [-0.2, 0) is 16.0 Å². The van der Waals surface area contributed by atoms with Crippen LogP contribution >= 0.6 is 0 Å². The molecule has 0 unspecified atom stereocenters. The van der Waals surface area contributed by atoms with Gasteiger partial charge >= 0.3 is 0 Å². The molecular formula is C21H27N3O3. The van der Waals surface area contributed by atoms with Gasteiger partial charge in [-0.3, -0.25) is 9.48 Å². The second-order valence-electron chi connectivity index (χ2n) is 7.00. The van der Waals surface area contributed by atoms with Gasteiger partial charge in [-0.1, -0.05) is 23.8 Å². The predicted molar refractivity (Wildman–Crippen MR) is 104 cm³/mol. The third-order valence-corrected chi connectivity index (χ3v) is 4.50. The summed E-state index contributed by atoms with van der Waals surface area (Å²) in [6.45, 7) is 6.41. The molecule has 27 heavy (non-hydrogen) atoms. The number of aromatic nitrogens is 2. The van der Waals surface area contributed by atoms with Crippen molar-refractivity contribution < 1.29 is 14.3 Å². The van der Waals surface area contributed by atoms with Crippen LogP contribution < -0.4 is 5.32 Å². The average molecular weight is 369 g/mol. The van der Waals surface area contributed by atoms with Gasteiger partial charge in [-0.15, -0.1) is 0 Å². The number of carbonyl (C=O) groups excluding carboxylic acids is 1. The van der Waals surface area contributed by atoms with Crippen LogP contribution in [0.25, 0.3) is 0 Å². The first-order chi connectivity index (χ1) is 13.1. The van der Waals surface area contributed by atoms with E-state index in [9.17, 15) is 4.79 Å². The first kappa shape index (κ1) is 19.3. The number of nitrogens with one attached hydrogen (secondary N) is 1. The van der Waals surface area contributed by atoms with Crippen molar-refractivity contribution in [3.05, 3.63) is 65.5 Å². The molecule has 1 aliphatic heterocycles. The van der Waals surface area contributed by atoms with Crippen LogP contribution in [0.15, 0.2) is 54.4 Å². The summed E-state index contributed by atoms with van der Waals surface area (Å²) in [6, 6.07) is 9.35. The summed E-state index contributed by atoms with van der Waals surface area (Å²) in [5.41, 5.74) is 2.88. The van der Waals surface area contributed by atoms with E-state index in [1.54, 1.807) is 6.20 Å². The number of carbonyl (C=O) groups is 1. The van der Waals surface area contributed by atoms with Gasteiger partial charge in [0.05, 0.1) is 31.9 Å². The first-order valence-corrected chi connectivity index (χ1v) is 9.32. The Morgan fingerprint density at radius 3 is 3.07 bits per heavy atom. The van der Waals surface area contributed by atoms with E-state index >= 15 is 0 Å². The second-order valence-corrected chi connectivity index (χ2v) is 7.00. The molecule has 1 aromatic heterocycles. The van der Waals surface area contributed by atoms with Gasteiger partial charge in [-0.2, -0.15) is 5.10 Å². The molecular weight excluding hydrogens is 342 g/mol. The topological polar surface area (TPSA) is 65.4 Å². The fraction of sp³-hybridized carbons (Fsp3) is 0.429. The number of nitrogens with zero attached hydrogens (tertiary/aromatic N) is 2. The van der Waals surface area contributed by atoms with Crippen molar-refractivity contribution in [1.29, 1.82) is 0 Å². The number of allylic oxidation sites excluding steroid dienone is 1.